The van der Waals surface area contributed by atoms with Crippen LogP contribution in [-0.2, 0) is 0 Å². The quantitative estimate of drug-likeness (QED) is 0.553. The molecule has 0 bridgehead atoms. The second kappa shape index (κ2) is 8.01. The molecule has 2 nitrogen and oxygen atoms in total. The lowest BCUT2D eigenvalue weighted by Crippen LogP contribution is -2.24. The summed E-state index contributed by atoms with van der Waals surface area (Å²) in [6.07, 6.45) is 2.30. The molecule has 0 radical (unpaired) electrons. The van der Waals surface area contributed by atoms with Crippen molar-refractivity contribution in [1.29, 1.82) is 0 Å². The number of nitrogens with two attached hydrogens (primary N) is 1. The van der Waals surface area contributed by atoms with Gasteiger partial charge in [-0.25, -0.2) is 3.71 Å². The normalized spacial score (nSPS) is 9.83. The van der Waals surface area contributed by atoms with Gasteiger partial charge in [0.1, 0.15) is 0 Å². The van der Waals surface area contributed by atoms with Crippen LogP contribution in [0.15, 0.2) is 0 Å². The molecule has 2 N–H and O–H groups in total. The van der Waals surface area contributed by atoms with Crippen LogP contribution in [0.3, 0.4) is 0 Å². The van der Waals surface area contributed by atoms with E-state index in [1.54, 1.807) is 23.9 Å². The fraction of sp³-hybridized carbons (Fsp3) is 0.857. The highest BCUT2D eigenvalue weighted by Gasteiger charge is 2.05. The molecular weight excluding hydrogens is 208 g/mol. The fourth-order valence-electron chi connectivity index (χ4n) is 0.513. The summed E-state index contributed by atoms with van der Waals surface area (Å²) in [7, 11) is 0. The van der Waals surface area contributed by atoms with Gasteiger partial charge in [-0.1, -0.05) is 13.8 Å². The molecule has 0 atom stereocenters. The van der Waals surface area contributed by atoms with E-state index in [1.165, 1.54) is 0 Å². The van der Waals surface area contributed by atoms with E-state index in [-0.39, 0.29) is 0 Å². The van der Waals surface area contributed by atoms with Gasteiger partial charge in [-0.3, -0.25) is 0 Å². The van der Waals surface area contributed by atoms with Gasteiger partial charge in [-0.05, 0) is 49.0 Å². The molecule has 0 spiro atoms. The summed E-state index contributed by atoms with van der Waals surface area (Å²) < 4.78 is 1.93. The lowest BCUT2D eigenvalue weighted by Gasteiger charge is -2.18. The van der Waals surface area contributed by atoms with Crippen molar-refractivity contribution in [2.45, 2.75) is 26.7 Å². The Labute approximate surface area is 88.9 Å². The van der Waals surface area contributed by atoms with E-state index in [9.17, 15) is 0 Å². The Hall–Kier alpha value is 0.390. The third-order valence-electron chi connectivity index (χ3n) is 1.01. The average Bonchev–Trinajstić information content (AvgIpc) is 2.04. The summed E-state index contributed by atoms with van der Waals surface area (Å²) in [6, 6.07) is 0. The van der Waals surface area contributed by atoms with E-state index in [2.05, 4.69) is 13.8 Å². The molecule has 0 rings (SSSR count). The van der Waals surface area contributed by atoms with Gasteiger partial charge >= 0.3 is 0 Å². The van der Waals surface area contributed by atoms with Crippen LogP contribution in [0.4, 0.5) is 0 Å². The largest absolute Gasteiger partial charge is 0.375 e. The first-order valence-corrected chi connectivity index (χ1v) is 6.37. The monoisotopic (exact) mass is 224 g/mol. The molecule has 0 heterocycles. The molecule has 0 amide bonds. The molecule has 0 unspecified atom stereocenters. The van der Waals surface area contributed by atoms with Crippen molar-refractivity contribution in [3.8, 4) is 0 Å². The molecule has 0 aliphatic rings. The van der Waals surface area contributed by atoms with Crippen LogP contribution in [0.25, 0.3) is 0 Å². The summed E-state index contributed by atoms with van der Waals surface area (Å²) >= 11 is 8.31. The van der Waals surface area contributed by atoms with Gasteiger partial charge in [0.2, 0.25) is 0 Å². The van der Waals surface area contributed by atoms with E-state index < -0.39 is 0 Å². The highest BCUT2D eigenvalue weighted by molar-refractivity contribution is 8.13. The van der Waals surface area contributed by atoms with Gasteiger partial charge < -0.3 is 5.73 Å². The van der Waals surface area contributed by atoms with Gasteiger partial charge in [0.05, 0.1) is 0 Å². The van der Waals surface area contributed by atoms with E-state index >= 15 is 0 Å². The first kappa shape index (κ1) is 12.4. The zero-order valence-corrected chi connectivity index (χ0v) is 10.0. The van der Waals surface area contributed by atoms with Crippen LogP contribution in [-0.4, -0.2) is 20.3 Å². The molecule has 0 fully saturated rings. The molecule has 0 aliphatic heterocycles. The molecule has 0 aromatic rings. The highest BCUT2D eigenvalue weighted by Crippen LogP contribution is 2.22. The molecule has 5 heteroatoms. The number of hydrogen-bond acceptors (Lipinski definition) is 3. The molecule has 12 heavy (non-hydrogen) atoms. The predicted molar refractivity (Wildman–Crippen MR) is 64.1 cm³/mol. The van der Waals surface area contributed by atoms with Crippen LogP contribution in [0.1, 0.15) is 26.7 Å². The lowest BCUT2D eigenvalue weighted by molar-refractivity contribution is 1.04. The smallest absolute Gasteiger partial charge is 0.186 e. The van der Waals surface area contributed by atoms with Crippen LogP contribution < -0.4 is 5.73 Å². The van der Waals surface area contributed by atoms with Crippen molar-refractivity contribution >= 4 is 41.2 Å². The predicted octanol–water partition coefficient (Wildman–Crippen LogP) is 2.65. The van der Waals surface area contributed by atoms with Crippen molar-refractivity contribution in [2.75, 3.05) is 11.5 Å². The minimum Gasteiger partial charge on any atom is -0.375 e. The number of nitrogens with zero attached hydrogens (tertiary/aromatic N) is 1. The fourth-order valence-corrected chi connectivity index (χ4v) is 2.53. The van der Waals surface area contributed by atoms with E-state index in [1.807, 2.05) is 3.71 Å². The van der Waals surface area contributed by atoms with E-state index in [4.69, 9.17) is 18.0 Å². The van der Waals surface area contributed by atoms with Crippen LogP contribution >= 0.6 is 36.1 Å². The lowest BCUT2D eigenvalue weighted by atomic mass is 10.6. The molecule has 0 aromatic heterocycles. The van der Waals surface area contributed by atoms with Gasteiger partial charge in [0.15, 0.2) is 5.11 Å². The Morgan fingerprint density at radius 1 is 1.25 bits per heavy atom. The van der Waals surface area contributed by atoms with Crippen molar-refractivity contribution < 1.29 is 0 Å². The Bertz CT molecular complexity index is 122. The van der Waals surface area contributed by atoms with Gasteiger partial charge in [-0.15, -0.1) is 0 Å². The summed E-state index contributed by atoms with van der Waals surface area (Å²) in [5.74, 6) is 2.15. The Morgan fingerprint density at radius 2 is 1.67 bits per heavy atom. The number of rotatable bonds is 6. The first-order valence-electron chi connectivity index (χ1n) is 4.07. The SMILES string of the molecule is CCCSN(SCCC)C(N)=S. The van der Waals surface area contributed by atoms with E-state index in [0.717, 1.165) is 24.3 Å². The summed E-state index contributed by atoms with van der Waals surface area (Å²) in [5, 5.41) is 0.479. The van der Waals surface area contributed by atoms with Crippen molar-refractivity contribution in [3.63, 3.8) is 0 Å². The van der Waals surface area contributed by atoms with Crippen molar-refractivity contribution in [3.05, 3.63) is 0 Å². The maximum atomic E-state index is 5.53. The molecular formula is C7H16N2S3. The Kier molecular flexibility index (Phi) is 8.27. The second-order valence-electron chi connectivity index (χ2n) is 2.26. The minimum absolute atomic E-state index is 0.479. The standard InChI is InChI=1S/C7H16N2S3/c1-3-5-11-9(7(8)10)12-6-4-2/h3-6H2,1-2H3,(H2,8,10). The third-order valence-corrected chi connectivity index (χ3v) is 4.10. The minimum atomic E-state index is 0.479. The molecule has 0 aromatic carbocycles. The van der Waals surface area contributed by atoms with Crippen LogP contribution in [0.2, 0.25) is 0 Å². The number of thiocarbonyl (C=S) groups is 1. The molecule has 0 saturated heterocycles. The van der Waals surface area contributed by atoms with E-state index in [0.29, 0.717) is 5.11 Å². The molecule has 0 aliphatic carbocycles. The topological polar surface area (TPSA) is 29.3 Å². The summed E-state index contributed by atoms with van der Waals surface area (Å²) in [5.41, 5.74) is 5.53. The highest BCUT2D eigenvalue weighted by atomic mass is 32.2. The third kappa shape index (κ3) is 5.97. The first-order chi connectivity index (χ1) is 5.72. The summed E-state index contributed by atoms with van der Waals surface area (Å²) in [4.78, 5) is 0. The van der Waals surface area contributed by atoms with Gasteiger partial charge in [0, 0.05) is 11.5 Å². The van der Waals surface area contributed by atoms with Crippen LogP contribution in [0.5, 0.6) is 0 Å². The maximum absolute atomic E-state index is 5.53. The van der Waals surface area contributed by atoms with Gasteiger partial charge in [0.25, 0.3) is 0 Å². The zero-order valence-electron chi connectivity index (χ0n) is 7.58. The average molecular weight is 224 g/mol. The van der Waals surface area contributed by atoms with Crippen LogP contribution in [0, 0.1) is 0 Å². The maximum Gasteiger partial charge on any atom is 0.186 e. The second-order valence-corrected chi connectivity index (χ2v) is 4.97. The Morgan fingerprint density at radius 3 is 1.92 bits per heavy atom. The Balaban J connectivity index is 3.62. The summed E-state index contributed by atoms with van der Waals surface area (Å²) in [6.45, 7) is 4.30. The molecule has 72 valence electrons. The molecule has 0 saturated carbocycles. The van der Waals surface area contributed by atoms with Gasteiger partial charge in [-0.2, -0.15) is 0 Å². The zero-order chi connectivity index (χ0) is 9.40. The number of hydrogen-bond donors (Lipinski definition) is 1. The van der Waals surface area contributed by atoms with Crippen molar-refractivity contribution in [1.82, 2.24) is 3.71 Å². The van der Waals surface area contributed by atoms with Crippen molar-refractivity contribution in [2.24, 2.45) is 5.73 Å².